The van der Waals surface area contributed by atoms with Crippen molar-refractivity contribution >= 4 is 11.5 Å². The Labute approximate surface area is 119 Å². The molecule has 0 amide bonds. The summed E-state index contributed by atoms with van der Waals surface area (Å²) in [5, 5.41) is 7.86. The van der Waals surface area contributed by atoms with Gasteiger partial charge in [0.1, 0.15) is 5.82 Å². The third-order valence-electron chi connectivity index (χ3n) is 3.80. The van der Waals surface area contributed by atoms with Gasteiger partial charge in [0.25, 0.3) is 0 Å². The first kappa shape index (κ1) is 13.4. The van der Waals surface area contributed by atoms with Gasteiger partial charge in [-0.1, -0.05) is 13.8 Å². The second kappa shape index (κ2) is 5.79. The molecule has 3 heterocycles. The summed E-state index contributed by atoms with van der Waals surface area (Å²) in [5.41, 5.74) is 2.00. The third-order valence-corrected chi connectivity index (χ3v) is 3.80. The van der Waals surface area contributed by atoms with Gasteiger partial charge in [-0.05, 0) is 24.7 Å². The lowest BCUT2D eigenvalue weighted by Gasteiger charge is -2.23. The average Bonchev–Trinajstić information content (AvgIpc) is 2.94. The molecule has 1 fully saturated rings. The van der Waals surface area contributed by atoms with E-state index in [-0.39, 0.29) is 0 Å². The van der Waals surface area contributed by atoms with Crippen molar-refractivity contribution in [2.45, 2.75) is 32.6 Å². The van der Waals surface area contributed by atoms with Gasteiger partial charge in [0.15, 0.2) is 5.65 Å². The molecular weight excluding hydrogens is 252 g/mol. The number of rotatable bonds is 4. The molecule has 1 atom stereocenters. The summed E-state index contributed by atoms with van der Waals surface area (Å²) in [5.74, 6) is 2.02. The number of nitrogens with one attached hydrogen (secondary N) is 1. The first-order valence-electron chi connectivity index (χ1n) is 7.40. The van der Waals surface area contributed by atoms with Crippen molar-refractivity contribution in [2.75, 3.05) is 25.1 Å². The molecule has 5 heteroatoms. The molecule has 0 aromatic carbocycles. The lowest BCUT2D eigenvalue weighted by molar-refractivity contribution is 0.0594. The Kier molecular flexibility index (Phi) is 3.87. The Morgan fingerprint density at radius 2 is 2.40 bits per heavy atom. The van der Waals surface area contributed by atoms with Gasteiger partial charge in [-0.2, -0.15) is 9.61 Å². The highest BCUT2D eigenvalue weighted by atomic mass is 16.5. The van der Waals surface area contributed by atoms with E-state index in [4.69, 9.17) is 4.74 Å². The van der Waals surface area contributed by atoms with Crippen molar-refractivity contribution < 1.29 is 4.74 Å². The molecular formula is C15H22N4O. The second-order valence-corrected chi connectivity index (χ2v) is 5.79. The van der Waals surface area contributed by atoms with Gasteiger partial charge in [0.05, 0.1) is 12.8 Å². The van der Waals surface area contributed by atoms with Gasteiger partial charge in [-0.3, -0.25) is 0 Å². The lowest BCUT2D eigenvalue weighted by atomic mass is 10.0. The second-order valence-electron chi connectivity index (χ2n) is 5.79. The number of hydrogen-bond donors (Lipinski definition) is 1. The Morgan fingerprint density at radius 3 is 3.15 bits per heavy atom. The van der Waals surface area contributed by atoms with Crippen LogP contribution in [-0.4, -0.2) is 34.4 Å². The van der Waals surface area contributed by atoms with Crippen molar-refractivity contribution in [1.29, 1.82) is 0 Å². The van der Waals surface area contributed by atoms with Gasteiger partial charge in [0.2, 0.25) is 0 Å². The smallest absolute Gasteiger partial charge is 0.157 e. The minimum absolute atomic E-state index is 0.411. The Morgan fingerprint density at radius 1 is 1.50 bits per heavy atom. The Bertz CT molecular complexity index is 572. The van der Waals surface area contributed by atoms with E-state index in [1.165, 1.54) is 6.42 Å². The fourth-order valence-corrected chi connectivity index (χ4v) is 2.57. The van der Waals surface area contributed by atoms with Gasteiger partial charge >= 0.3 is 0 Å². The van der Waals surface area contributed by atoms with Crippen LogP contribution in [-0.2, 0) is 4.74 Å². The van der Waals surface area contributed by atoms with Crippen molar-refractivity contribution in [2.24, 2.45) is 5.92 Å². The number of ether oxygens (including phenoxy) is 1. The van der Waals surface area contributed by atoms with E-state index in [1.807, 2.05) is 10.6 Å². The molecule has 0 bridgehead atoms. The van der Waals surface area contributed by atoms with Crippen molar-refractivity contribution in [3.8, 4) is 0 Å². The number of anilines is 1. The zero-order chi connectivity index (χ0) is 13.9. The van der Waals surface area contributed by atoms with Crippen LogP contribution in [0.15, 0.2) is 18.3 Å². The molecule has 2 aromatic heterocycles. The summed E-state index contributed by atoms with van der Waals surface area (Å²) in [6.45, 7) is 7.02. The monoisotopic (exact) mass is 274 g/mol. The Hall–Kier alpha value is -1.62. The summed E-state index contributed by atoms with van der Waals surface area (Å²) < 4.78 is 7.40. The van der Waals surface area contributed by atoms with Crippen LogP contribution in [0.4, 0.5) is 5.82 Å². The number of aromatic nitrogens is 3. The topological polar surface area (TPSA) is 51.5 Å². The van der Waals surface area contributed by atoms with Gasteiger partial charge in [-0.25, -0.2) is 4.98 Å². The fraction of sp³-hybridized carbons (Fsp3) is 0.600. The average molecular weight is 274 g/mol. The summed E-state index contributed by atoms with van der Waals surface area (Å²) in [4.78, 5) is 4.63. The standard InChI is InChI=1S/C15H22N4O/c1-11(2)13-8-15(19-14(18-13)5-6-17-19)16-9-12-4-3-7-20-10-12/h5-6,8,11-12,16H,3-4,7,9-10H2,1-2H3/t12-/m0/s1. The van der Waals surface area contributed by atoms with E-state index < -0.39 is 0 Å². The minimum Gasteiger partial charge on any atom is -0.381 e. The predicted molar refractivity (Wildman–Crippen MR) is 79.1 cm³/mol. The summed E-state index contributed by atoms with van der Waals surface area (Å²) in [6, 6.07) is 4.05. The third kappa shape index (κ3) is 2.77. The van der Waals surface area contributed by atoms with Crippen molar-refractivity contribution in [3.63, 3.8) is 0 Å². The highest BCUT2D eigenvalue weighted by Gasteiger charge is 2.15. The summed E-state index contributed by atoms with van der Waals surface area (Å²) >= 11 is 0. The molecule has 0 radical (unpaired) electrons. The van der Waals surface area contributed by atoms with E-state index in [2.05, 4.69) is 35.3 Å². The van der Waals surface area contributed by atoms with Crippen molar-refractivity contribution in [1.82, 2.24) is 14.6 Å². The number of hydrogen-bond acceptors (Lipinski definition) is 4. The molecule has 0 unspecified atom stereocenters. The first-order chi connectivity index (χ1) is 9.74. The Balaban J connectivity index is 1.80. The lowest BCUT2D eigenvalue weighted by Crippen LogP contribution is -2.25. The zero-order valence-corrected chi connectivity index (χ0v) is 12.2. The van der Waals surface area contributed by atoms with Crippen LogP contribution >= 0.6 is 0 Å². The summed E-state index contributed by atoms with van der Waals surface area (Å²) in [6.07, 6.45) is 4.19. The molecule has 1 aliphatic rings. The largest absolute Gasteiger partial charge is 0.381 e. The molecule has 3 rings (SSSR count). The van der Waals surface area contributed by atoms with Gasteiger partial charge < -0.3 is 10.1 Å². The molecule has 0 aliphatic carbocycles. The maximum absolute atomic E-state index is 5.53. The maximum Gasteiger partial charge on any atom is 0.157 e. The highest BCUT2D eigenvalue weighted by molar-refractivity contribution is 5.49. The molecule has 1 N–H and O–H groups in total. The fourth-order valence-electron chi connectivity index (χ4n) is 2.57. The molecule has 5 nitrogen and oxygen atoms in total. The van der Waals surface area contributed by atoms with Crippen LogP contribution in [0.5, 0.6) is 0 Å². The van der Waals surface area contributed by atoms with Crippen LogP contribution in [0, 0.1) is 5.92 Å². The van der Waals surface area contributed by atoms with E-state index in [0.29, 0.717) is 11.8 Å². The van der Waals surface area contributed by atoms with Gasteiger partial charge in [0, 0.05) is 31.0 Å². The molecule has 1 saturated heterocycles. The minimum atomic E-state index is 0.411. The van der Waals surface area contributed by atoms with Crippen molar-refractivity contribution in [3.05, 3.63) is 24.0 Å². The van der Waals surface area contributed by atoms with Crippen LogP contribution in [0.25, 0.3) is 5.65 Å². The normalized spacial score (nSPS) is 19.6. The predicted octanol–water partition coefficient (Wildman–Crippen LogP) is 2.69. The van der Waals surface area contributed by atoms with Gasteiger partial charge in [-0.15, -0.1) is 0 Å². The molecule has 108 valence electrons. The van der Waals surface area contributed by atoms with E-state index in [0.717, 1.165) is 43.3 Å². The zero-order valence-electron chi connectivity index (χ0n) is 12.2. The first-order valence-corrected chi connectivity index (χ1v) is 7.40. The quantitative estimate of drug-likeness (QED) is 0.931. The number of nitrogens with zero attached hydrogens (tertiary/aromatic N) is 3. The SMILES string of the molecule is CC(C)c1cc(NC[C@@H]2CCCOC2)n2nccc2n1. The van der Waals surface area contributed by atoms with E-state index >= 15 is 0 Å². The van der Waals surface area contributed by atoms with Crippen LogP contribution in [0.2, 0.25) is 0 Å². The molecule has 1 aliphatic heterocycles. The summed E-state index contributed by atoms with van der Waals surface area (Å²) in [7, 11) is 0. The molecule has 2 aromatic rings. The van der Waals surface area contributed by atoms with Crippen LogP contribution < -0.4 is 5.32 Å². The van der Waals surface area contributed by atoms with E-state index in [1.54, 1.807) is 6.20 Å². The molecule has 0 saturated carbocycles. The van der Waals surface area contributed by atoms with Crippen LogP contribution in [0.1, 0.15) is 38.3 Å². The number of fused-ring (bicyclic) bond motifs is 1. The van der Waals surface area contributed by atoms with E-state index in [9.17, 15) is 0 Å². The maximum atomic E-state index is 5.53. The molecule has 20 heavy (non-hydrogen) atoms. The van der Waals surface area contributed by atoms with Crippen LogP contribution in [0.3, 0.4) is 0 Å². The highest BCUT2D eigenvalue weighted by Crippen LogP contribution is 2.20. The molecule has 0 spiro atoms.